The molecule has 1 saturated heterocycles. The second-order valence-corrected chi connectivity index (χ2v) is 10.3. The van der Waals surface area contributed by atoms with Crippen LogP contribution in [0.1, 0.15) is 46.0 Å². The lowest BCUT2D eigenvalue weighted by Gasteiger charge is -2.37. The number of carbonyl (C=O) groups is 1. The fraction of sp³-hybridized carbons (Fsp3) is 0.737. The van der Waals surface area contributed by atoms with Gasteiger partial charge in [-0.3, -0.25) is 4.79 Å². The zero-order valence-corrected chi connectivity index (χ0v) is 16.0. The number of carbonyl (C=O) groups excluding carboxylic acids is 1. The molecule has 3 fully saturated rings. The zero-order chi connectivity index (χ0) is 18.6. The van der Waals surface area contributed by atoms with Gasteiger partial charge in [-0.15, -0.1) is 13.2 Å². The maximum absolute atomic E-state index is 13.1. The van der Waals surface area contributed by atoms with Crippen molar-refractivity contribution in [3.8, 4) is 0 Å². The largest absolute Gasteiger partial charge is 0.392 e. The van der Waals surface area contributed by atoms with Crippen LogP contribution in [0.15, 0.2) is 25.3 Å². The third-order valence-corrected chi connectivity index (χ3v) is 9.16. The highest BCUT2D eigenvalue weighted by Crippen LogP contribution is 2.70. The molecule has 2 aliphatic carbocycles. The molecule has 2 saturated carbocycles. The van der Waals surface area contributed by atoms with E-state index in [9.17, 15) is 18.3 Å². The molecule has 140 valence electrons. The van der Waals surface area contributed by atoms with Crippen molar-refractivity contribution < 1.29 is 18.3 Å². The smallest absolute Gasteiger partial charge is 0.245 e. The lowest BCUT2D eigenvalue weighted by atomic mass is 9.69. The minimum atomic E-state index is -3.66. The van der Waals surface area contributed by atoms with Crippen LogP contribution in [0.3, 0.4) is 0 Å². The summed E-state index contributed by atoms with van der Waals surface area (Å²) < 4.78 is 27.0. The fourth-order valence-electron chi connectivity index (χ4n) is 5.62. The monoisotopic (exact) mass is 367 g/mol. The molecule has 2 bridgehead atoms. The lowest BCUT2D eigenvalue weighted by molar-refractivity contribution is -0.134. The molecule has 0 radical (unpaired) electrons. The summed E-state index contributed by atoms with van der Waals surface area (Å²) in [7, 11) is -3.66. The number of rotatable bonds is 6. The topological polar surface area (TPSA) is 74.7 Å². The number of aliphatic hydroxyl groups excluding tert-OH is 1. The summed E-state index contributed by atoms with van der Waals surface area (Å²) in [5.41, 5.74) is -0.422. The predicted octanol–water partition coefficient (Wildman–Crippen LogP) is 2.48. The average molecular weight is 368 g/mol. The molecule has 5 nitrogen and oxygen atoms in total. The average Bonchev–Trinajstić information content (AvgIpc) is 3.00. The molecule has 1 spiro atoms. The fourth-order valence-corrected chi connectivity index (χ4v) is 8.19. The van der Waals surface area contributed by atoms with E-state index in [0.29, 0.717) is 18.8 Å². The standard InChI is InChI=1S/C19H29NO4S/c1-5-7-8-15(21)14(6-2)17(22)20-16-11-13-9-10-19(16,18(13,3)4)12-25(20,23)24/h5-6,13-16,21H,1-2,7-12H2,3-4H3/t13-,14+,15-,16-,19-/m1/s1. The number of nitrogens with zero attached hydrogens (tertiary/aromatic N) is 1. The van der Waals surface area contributed by atoms with Crippen molar-refractivity contribution in [1.82, 2.24) is 4.31 Å². The summed E-state index contributed by atoms with van der Waals surface area (Å²) in [6.07, 6.45) is 5.68. The second-order valence-electron chi connectivity index (χ2n) is 8.45. The van der Waals surface area contributed by atoms with Gasteiger partial charge in [-0.2, -0.15) is 0 Å². The van der Waals surface area contributed by atoms with E-state index in [1.807, 2.05) is 0 Å². The van der Waals surface area contributed by atoms with Crippen molar-refractivity contribution in [2.75, 3.05) is 5.75 Å². The number of sulfonamides is 1. The van der Waals surface area contributed by atoms with Crippen molar-refractivity contribution in [3.05, 3.63) is 25.3 Å². The van der Waals surface area contributed by atoms with E-state index in [1.165, 1.54) is 6.08 Å². The van der Waals surface area contributed by atoms with Crippen LogP contribution < -0.4 is 0 Å². The van der Waals surface area contributed by atoms with E-state index in [1.54, 1.807) is 6.08 Å². The highest BCUT2D eigenvalue weighted by atomic mass is 32.2. The summed E-state index contributed by atoms with van der Waals surface area (Å²) in [6, 6.07) is -0.271. The van der Waals surface area contributed by atoms with E-state index < -0.39 is 28.0 Å². The SMILES string of the molecule is C=CCC[C@@H](O)[C@H](C=C)C(=O)N1[C@@H]2C[C@H]3CC[C@]2(CS1(=O)=O)C3(C)C. The summed E-state index contributed by atoms with van der Waals surface area (Å²) in [4.78, 5) is 13.1. The minimum absolute atomic E-state index is 0.0481. The summed E-state index contributed by atoms with van der Waals surface area (Å²) in [5.74, 6) is -0.910. The number of aliphatic hydroxyl groups is 1. The van der Waals surface area contributed by atoms with Crippen LogP contribution in [0.4, 0.5) is 0 Å². The number of hydrogen-bond acceptors (Lipinski definition) is 4. The normalized spacial score (nSPS) is 36.7. The highest BCUT2D eigenvalue weighted by molar-refractivity contribution is 7.90. The second kappa shape index (κ2) is 5.95. The molecule has 0 aromatic heterocycles. The first-order valence-electron chi connectivity index (χ1n) is 9.10. The van der Waals surface area contributed by atoms with Crippen molar-refractivity contribution in [1.29, 1.82) is 0 Å². The summed E-state index contributed by atoms with van der Waals surface area (Å²) in [6.45, 7) is 11.6. The Kier molecular flexibility index (Phi) is 4.44. The van der Waals surface area contributed by atoms with Crippen LogP contribution in [0, 0.1) is 22.7 Å². The van der Waals surface area contributed by atoms with Crippen LogP contribution in [0.2, 0.25) is 0 Å². The van der Waals surface area contributed by atoms with Crippen LogP contribution in [-0.4, -0.2) is 41.6 Å². The van der Waals surface area contributed by atoms with Crippen LogP contribution >= 0.6 is 0 Å². The van der Waals surface area contributed by atoms with Gasteiger partial charge in [0.25, 0.3) is 0 Å². The molecule has 1 amide bonds. The first kappa shape index (κ1) is 18.6. The van der Waals surface area contributed by atoms with Crippen molar-refractivity contribution in [2.45, 2.75) is 58.1 Å². The maximum Gasteiger partial charge on any atom is 0.245 e. The van der Waals surface area contributed by atoms with Gasteiger partial charge >= 0.3 is 0 Å². The molecule has 3 rings (SSSR count). The van der Waals surface area contributed by atoms with Gasteiger partial charge in [0.1, 0.15) is 0 Å². The molecule has 0 unspecified atom stereocenters. The van der Waals surface area contributed by atoms with Gasteiger partial charge in [0, 0.05) is 5.41 Å². The Morgan fingerprint density at radius 3 is 2.64 bits per heavy atom. The van der Waals surface area contributed by atoms with Gasteiger partial charge in [-0.1, -0.05) is 26.0 Å². The molecule has 1 aliphatic heterocycles. The first-order valence-corrected chi connectivity index (χ1v) is 10.7. The Hall–Kier alpha value is -1.14. The highest BCUT2D eigenvalue weighted by Gasteiger charge is 2.72. The molecule has 1 N–H and O–H groups in total. The van der Waals surface area contributed by atoms with E-state index in [0.717, 1.165) is 23.6 Å². The zero-order valence-electron chi connectivity index (χ0n) is 15.1. The van der Waals surface area contributed by atoms with Crippen LogP contribution in [-0.2, 0) is 14.8 Å². The third kappa shape index (κ3) is 2.44. The Balaban J connectivity index is 1.93. The number of fused-ring (bicyclic) bond motifs is 1. The number of allylic oxidation sites excluding steroid dienone is 1. The first-order chi connectivity index (χ1) is 11.6. The number of amides is 1. The van der Waals surface area contributed by atoms with E-state index in [4.69, 9.17) is 0 Å². The molecule has 5 atom stereocenters. The molecule has 6 heteroatoms. The van der Waals surface area contributed by atoms with E-state index in [2.05, 4.69) is 27.0 Å². The van der Waals surface area contributed by atoms with Crippen LogP contribution in [0.5, 0.6) is 0 Å². The Morgan fingerprint density at radius 2 is 2.08 bits per heavy atom. The minimum Gasteiger partial charge on any atom is -0.392 e. The van der Waals surface area contributed by atoms with Crippen molar-refractivity contribution in [2.24, 2.45) is 22.7 Å². The van der Waals surface area contributed by atoms with Crippen molar-refractivity contribution >= 4 is 15.9 Å². The molecule has 25 heavy (non-hydrogen) atoms. The molecular weight excluding hydrogens is 338 g/mol. The number of hydrogen-bond donors (Lipinski definition) is 1. The van der Waals surface area contributed by atoms with Crippen molar-refractivity contribution in [3.63, 3.8) is 0 Å². The van der Waals surface area contributed by atoms with Crippen LogP contribution in [0.25, 0.3) is 0 Å². The quantitative estimate of drug-likeness (QED) is 0.732. The molecular formula is C19H29NO4S. The van der Waals surface area contributed by atoms with Gasteiger partial charge in [-0.05, 0) is 43.4 Å². The molecule has 1 heterocycles. The van der Waals surface area contributed by atoms with E-state index >= 15 is 0 Å². The van der Waals surface area contributed by atoms with Gasteiger partial charge in [0.15, 0.2) is 0 Å². The summed E-state index contributed by atoms with van der Waals surface area (Å²) >= 11 is 0. The Labute approximate surface area is 150 Å². The predicted molar refractivity (Wildman–Crippen MR) is 97.1 cm³/mol. The molecule has 3 aliphatic rings. The van der Waals surface area contributed by atoms with Gasteiger partial charge in [0.2, 0.25) is 15.9 Å². The van der Waals surface area contributed by atoms with Gasteiger partial charge in [0.05, 0.1) is 23.8 Å². The molecule has 0 aromatic rings. The lowest BCUT2D eigenvalue weighted by Crippen LogP contribution is -2.48. The van der Waals surface area contributed by atoms with E-state index in [-0.39, 0.29) is 22.6 Å². The maximum atomic E-state index is 13.1. The van der Waals surface area contributed by atoms with Gasteiger partial charge < -0.3 is 5.11 Å². The Bertz CT molecular complexity index is 698. The van der Waals surface area contributed by atoms with Gasteiger partial charge in [-0.25, -0.2) is 12.7 Å². The summed E-state index contributed by atoms with van der Waals surface area (Å²) in [5, 5.41) is 10.4. The Morgan fingerprint density at radius 1 is 1.40 bits per heavy atom. The third-order valence-electron chi connectivity index (χ3n) is 7.25. The molecule has 0 aromatic carbocycles.